The fraction of sp³-hybridized carbons (Fsp3) is 0.857. The number of ether oxygens (including phenoxy) is 1. The molecule has 2 atom stereocenters. The van der Waals surface area contributed by atoms with E-state index >= 15 is 0 Å². The van der Waals surface area contributed by atoms with Gasteiger partial charge in [-0.15, -0.1) is 0 Å². The van der Waals surface area contributed by atoms with Crippen molar-refractivity contribution in [3.63, 3.8) is 0 Å². The van der Waals surface area contributed by atoms with Crippen LogP contribution in [0.15, 0.2) is 0 Å². The zero-order valence-corrected chi connectivity index (χ0v) is 6.75. The Labute approximate surface area is 70.3 Å². The van der Waals surface area contributed by atoms with Gasteiger partial charge >= 0.3 is 0 Å². The Morgan fingerprint density at radius 2 is 2.58 bits per heavy atom. The van der Waals surface area contributed by atoms with Crippen molar-refractivity contribution < 1.29 is 13.9 Å². The molecule has 0 spiro atoms. The molecule has 0 saturated carbocycles. The lowest BCUT2D eigenvalue weighted by Crippen LogP contribution is -2.29. The van der Waals surface area contributed by atoms with Crippen molar-refractivity contribution in [3.8, 4) is 0 Å². The standard InChI is InChI=1S/C7H13FN2O2/c8-6(7(9)11)12-4-5-1-2-10-3-5/h5-6,10H,1-4H2,(H2,9,11). The van der Waals surface area contributed by atoms with Gasteiger partial charge in [0.25, 0.3) is 12.3 Å². The number of nitrogens with two attached hydrogens (primary N) is 1. The van der Waals surface area contributed by atoms with Crippen molar-refractivity contribution in [2.45, 2.75) is 12.8 Å². The monoisotopic (exact) mass is 176 g/mol. The molecule has 1 fully saturated rings. The maximum absolute atomic E-state index is 12.5. The summed E-state index contributed by atoms with van der Waals surface area (Å²) in [5, 5.41) is 3.11. The van der Waals surface area contributed by atoms with Gasteiger partial charge in [-0.05, 0) is 18.9 Å². The molecule has 0 aromatic heterocycles. The Kier molecular flexibility index (Phi) is 3.43. The molecule has 1 heterocycles. The van der Waals surface area contributed by atoms with E-state index < -0.39 is 12.3 Å². The van der Waals surface area contributed by atoms with E-state index in [9.17, 15) is 9.18 Å². The molecule has 5 heteroatoms. The molecule has 1 aliphatic heterocycles. The zero-order chi connectivity index (χ0) is 8.97. The third kappa shape index (κ3) is 2.75. The van der Waals surface area contributed by atoms with Crippen LogP contribution in [0.5, 0.6) is 0 Å². The minimum Gasteiger partial charge on any atom is -0.365 e. The van der Waals surface area contributed by atoms with Gasteiger partial charge in [-0.3, -0.25) is 4.79 Å². The molecule has 12 heavy (non-hydrogen) atoms. The van der Waals surface area contributed by atoms with Gasteiger partial charge in [0.05, 0.1) is 6.61 Å². The maximum Gasteiger partial charge on any atom is 0.279 e. The quantitative estimate of drug-likeness (QED) is 0.600. The SMILES string of the molecule is NC(=O)C(F)OCC1CCNC1. The maximum atomic E-state index is 12.5. The van der Waals surface area contributed by atoms with Crippen LogP contribution in [0, 0.1) is 5.92 Å². The molecule has 0 aliphatic carbocycles. The number of hydrogen-bond donors (Lipinski definition) is 2. The second kappa shape index (κ2) is 4.37. The highest BCUT2D eigenvalue weighted by molar-refractivity contribution is 5.77. The van der Waals surface area contributed by atoms with Crippen LogP contribution in [0.4, 0.5) is 4.39 Å². The summed E-state index contributed by atoms with van der Waals surface area (Å²) in [6, 6.07) is 0. The van der Waals surface area contributed by atoms with Crippen LogP contribution in [0.25, 0.3) is 0 Å². The van der Waals surface area contributed by atoms with Crippen LogP contribution in [0.2, 0.25) is 0 Å². The summed E-state index contributed by atoms with van der Waals surface area (Å²) in [7, 11) is 0. The lowest BCUT2D eigenvalue weighted by molar-refractivity contribution is -0.142. The largest absolute Gasteiger partial charge is 0.365 e. The molecular weight excluding hydrogens is 163 g/mol. The van der Waals surface area contributed by atoms with E-state index in [1.807, 2.05) is 0 Å². The highest BCUT2D eigenvalue weighted by Gasteiger charge is 2.19. The van der Waals surface area contributed by atoms with Crippen molar-refractivity contribution in [2.24, 2.45) is 11.7 Å². The molecule has 3 N–H and O–H groups in total. The van der Waals surface area contributed by atoms with Gasteiger partial charge in [0.1, 0.15) is 0 Å². The zero-order valence-electron chi connectivity index (χ0n) is 6.75. The van der Waals surface area contributed by atoms with Crippen LogP contribution >= 0.6 is 0 Å². The predicted molar refractivity (Wildman–Crippen MR) is 41.0 cm³/mol. The van der Waals surface area contributed by atoms with E-state index in [0.29, 0.717) is 5.92 Å². The minimum atomic E-state index is -1.95. The number of carbonyl (C=O) groups is 1. The Morgan fingerprint density at radius 1 is 1.83 bits per heavy atom. The molecule has 0 aromatic rings. The molecule has 0 radical (unpaired) electrons. The van der Waals surface area contributed by atoms with Crippen LogP contribution in [-0.4, -0.2) is 32.0 Å². The first kappa shape index (κ1) is 9.41. The molecule has 1 saturated heterocycles. The van der Waals surface area contributed by atoms with E-state index in [4.69, 9.17) is 0 Å². The number of alkyl halides is 1. The van der Waals surface area contributed by atoms with Crippen LogP contribution in [-0.2, 0) is 9.53 Å². The predicted octanol–water partition coefficient (Wildman–Crippen LogP) is -0.607. The van der Waals surface area contributed by atoms with Crippen molar-refractivity contribution in [1.82, 2.24) is 5.32 Å². The first-order valence-electron chi connectivity index (χ1n) is 3.96. The van der Waals surface area contributed by atoms with Gasteiger partial charge in [-0.25, -0.2) is 4.39 Å². The average Bonchev–Trinajstić information content (AvgIpc) is 2.51. The average molecular weight is 176 g/mol. The minimum absolute atomic E-state index is 0.261. The van der Waals surface area contributed by atoms with Crippen molar-refractivity contribution in [1.29, 1.82) is 0 Å². The molecule has 0 aromatic carbocycles. The number of nitrogens with one attached hydrogen (secondary N) is 1. The summed E-state index contributed by atoms with van der Waals surface area (Å²) in [6.07, 6.45) is -0.989. The Balaban J connectivity index is 2.11. The Hall–Kier alpha value is -0.680. The molecular formula is C7H13FN2O2. The Bertz CT molecular complexity index is 159. The first-order chi connectivity index (χ1) is 5.70. The fourth-order valence-corrected chi connectivity index (χ4v) is 1.16. The van der Waals surface area contributed by atoms with Gasteiger partial charge < -0.3 is 15.8 Å². The molecule has 0 bridgehead atoms. The number of halogens is 1. The molecule has 1 rings (SSSR count). The second-order valence-corrected chi connectivity index (χ2v) is 2.91. The van der Waals surface area contributed by atoms with E-state index in [2.05, 4.69) is 15.8 Å². The summed E-state index contributed by atoms with van der Waals surface area (Å²) < 4.78 is 17.1. The van der Waals surface area contributed by atoms with Crippen molar-refractivity contribution in [2.75, 3.05) is 19.7 Å². The van der Waals surface area contributed by atoms with Gasteiger partial charge in [-0.1, -0.05) is 0 Å². The first-order valence-corrected chi connectivity index (χ1v) is 3.96. The lowest BCUT2D eigenvalue weighted by atomic mass is 10.1. The van der Waals surface area contributed by atoms with Crippen LogP contribution in [0.1, 0.15) is 6.42 Å². The van der Waals surface area contributed by atoms with Crippen molar-refractivity contribution >= 4 is 5.91 Å². The summed E-state index contributed by atoms with van der Waals surface area (Å²) in [4.78, 5) is 10.2. The highest BCUT2D eigenvalue weighted by Crippen LogP contribution is 2.08. The molecule has 1 amide bonds. The fourth-order valence-electron chi connectivity index (χ4n) is 1.16. The number of primary amides is 1. The normalized spacial score (nSPS) is 25.6. The summed E-state index contributed by atoms with van der Waals surface area (Å²) >= 11 is 0. The van der Waals surface area contributed by atoms with E-state index in [1.165, 1.54) is 0 Å². The number of carbonyl (C=O) groups excluding carboxylic acids is 1. The third-order valence-corrected chi connectivity index (χ3v) is 1.86. The second-order valence-electron chi connectivity index (χ2n) is 2.91. The number of amides is 1. The van der Waals surface area contributed by atoms with Gasteiger partial charge in [0, 0.05) is 6.54 Å². The topological polar surface area (TPSA) is 64.4 Å². The van der Waals surface area contributed by atoms with Crippen molar-refractivity contribution in [3.05, 3.63) is 0 Å². The summed E-state index contributed by atoms with van der Waals surface area (Å²) in [5.41, 5.74) is 4.67. The summed E-state index contributed by atoms with van der Waals surface area (Å²) in [5.74, 6) is -0.747. The molecule has 70 valence electrons. The van der Waals surface area contributed by atoms with E-state index in [1.54, 1.807) is 0 Å². The Morgan fingerprint density at radius 3 is 3.08 bits per heavy atom. The van der Waals surface area contributed by atoms with Crippen LogP contribution < -0.4 is 11.1 Å². The van der Waals surface area contributed by atoms with E-state index in [-0.39, 0.29) is 6.61 Å². The van der Waals surface area contributed by atoms with Crippen LogP contribution in [0.3, 0.4) is 0 Å². The molecule has 2 unspecified atom stereocenters. The van der Waals surface area contributed by atoms with E-state index in [0.717, 1.165) is 19.5 Å². The smallest absolute Gasteiger partial charge is 0.279 e. The highest BCUT2D eigenvalue weighted by atomic mass is 19.1. The van der Waals surface area contributed by atoms with Gasteiger partial charge in [0.15, 0.2) is 0 Å². The molecule has 4 nitrogen and oxygen atoms in total. The molecule has 1 aliphatic rings. The lowest BCUT2D eigenvalue weighted by Gasteiger charge is -2.10. The van der Waals surface area contributed by atoms with Gasteiger partial charge in [0.2, 0.25) is 0 Å². The number of hydrogen-bond acceptors (Lipinski definition) is 3. The third-order valence-electron chi connectivity index (χ3n) is 1.86. The number of rotatable bonds is 4. The summed E-state index contributed by atoms with van der Waals surface area (Å²) in [6.45, 7) is 2.02. The van der Waals surface area contributed by atoms with Gasteiger partial charge in [-0.2, -0.15) is 0 Å².